The summed E-state index contributed by atoms with van der Waals surface area (Å²) < 4.78 is 0. The van der Waals surface area contributed by atoms with Crippen LogP contribution in [0.5, 0.6) is 0 Å². The fourth-order valence-corrected chi connectivity index (χ4v) is 2.08. The second-order valence-electron chi connectivity index (χ2n) is 4.38. The minimum atomic E-state index is 0.429. The average molecular weight is 228 g/mol. The van der Waals surface area contributed by atoms with Crippen molar-refractivity contribution < 1.29 is 4.84 Å². The van der Waals surface area contributed by atoms with Crippen molar-refractivity contribution in [3.63, 3.8) is 0 Å². The second-order valence-corrected chi connectivity index (χ2v) is 4.38. The Labute approximate surface area is 102 Å². The summed E-state index contributed by atoms with van der Waals surface area (Å²) in [5.74, 6) is 0.598. The van der Waals surface area contributed by atoms with Crippen molar-refractivity contribution in [3.8, 4) is 6.07 Å². The molecule has 0 aliphatic heterocycles. The largest absolute Gasteiger partial charge is 0.391 e. The maximum atomic E-state index is 8.76. The quantitative estimate of drug-likeness (QED) is 0.586. The number of hydrogen-bond acceptors (Lipinski definition) is 3. The van der Waals surface area contributed by atoms with Gasteiger partial charge in [0.15, 0.2) is 0 Å². The average Bonchev–Trinajstić information content (AvgIpc) is 2.88. The number of rotatable bonds is 4. The molecule has 88 valence electrons. The standard InChI is InChI=1S/C14H16N2O/c15-9-13-6-3-7-14(8-13)11-17-16-10-12-4-1-2-5-12/h3,6-8,10,12H,1-2,4-5,11H2. The Kier molecular flexibility index (Phi) is 4.15. The highest BCUT2D eigenvalue weighted by atomic mass is 16.6. The SMILES string of the molecule is N#Cc1cccc(CON=CC2CCCC2)c1. The molecule has 3 nitrogen and oxygen atoms in total. The highest BCUT2D eigenvalue weighted by Crippen LogP contribution is 2.22. The molecule has 0 amide bonds. The predicted molar refractivity (Wildman–Crippen MR) is 66.4 cm³/mol. The summed E-state index contributed by atoms with van der Waals surface area (Å²) >= 11 is 0. The van der Waals surface area contributed by atoms with Gasteiger partial charge in [0.1, 0.15) is 6.61 Å². The minimum Gasteiger partial charge on any atom is -0.391 e. The first-order valence-electron chi connectivity index (χ1n) is 6.03. The van der Waals surface area contributed by atoms with E-state index in [-0.39, 0.29) is 0 Å². The van der Waals surface area contributed by atoms with Gasteiger partial charge < -0.3 is 4.84 Å². The van der Waals surface area contributed by atoms with Crippen LogP contribution in [0.15, 0.2) is 29.4 Å². The summed E-state index contributed by atoms with van der Waals surface area (Å²) in [6, 6.07) is 9.51. The van der Waals surface area contributed by atoms with Gasteiger partial charge in [-0.25, -0.2) is 0 Å². The summed E-state index contributed by atoms with van der Waals surface area (Å²) in [5, 5.41) is 12.8. The Balaban J connectivity index is 1.79. The monoisotopic (exact) mass is 228 g/mol. The van der Waals surface area contributed by atoms with Gasteiger partial charge in [-0.1, -0.05) is 30.1 Å². The number of benzene rings is 1. The Hall–Kier alpha value is -1.82. The van der Waals surface area contributed by atoms with E-state index in [9.17, 15) is 0 Å². The molecule has 0 aromatic heterocycles. The third-order valence-electron chi connectivity index (χ3n) is 3.03. The predicted octanol–water partition coefficient (Wildman–Crippen LogP) is 3.25. The molecule has 1 aromatic rings. The van der Waals surface area contributed by atoms with Gasteiger partial charge in [-0.2, -0.15) is 5.26 Å². The first kappa shape index (κ1) is 11.7. The van der Waals surface area contributed by atoms with E-state index in [1.807, 2.05) is 24.4 Å². The van der Waals surface area contributed by atoms with Crippen LogP contribution in [0.3, 0.4) is 0 Å². The molecule has 0 unspecified atom stereocenters. The van der Waals surface area contributed by atoms with Gasteiger partial charge in [0.05, 0.1) is 11.6 Å². The van der Waals surface area contributed by atoms with Crippen molar-refractivity contribution in [1.82, 2.24) is 0 Å². The van der Waals surface area contributed by atoms with Crippen LogP contribution in [0, 0.1) is 17.2 Å². The molecule has 0 atom stereocenters. The molecule has 0 heterocycles. The second kappa shape index (κ2) is 6.05. The number of nitriles is 1. The smallest absolute Gasteiger partial charge is 0.142 e. The molecular formula is C14H16N2O. The number of hydrogen-bond donors (Lipinski definition) is 0. The highest BCUT2D eigenvalue weighted by Gasteiger charge is 2.12. The summed E-state index contributed by atoms with van der Waals surface area (Å²) in [6.45, 7) is 0.429. The molecule has 2 rings (SSSR count). The van der Waals surface area contributed by atoms with E-state index < -0.39 is 0 Å². The van der Waals surface area contributed by atoms with E-state index in [4.69, 9.17) is 10.1 Å². The van der Waals surface area contributed by atoms with Crippen molar-refractivity contribution in [2.75, 3.05) is 0 Å². The molecule has 0 spiro atoms. The molecule has 0 N–H and O–H groups in total. The molecule has 0 radical (unpaired) electrons. The van der Waals surface area contributed by atoms with Gasteiger partial charge in [-0.05, 0) is 36.5 Å². The number of oxime groups is 1. The Morgan fingerprint density at radius 1 is 1.41 bits per heavy atom. The van der Waals surface area contributed by atoms with Crippen LogP contribution in [-0.4, -0.2) is 6.21 Å². The zero-order valence-corrected chi connectivity index (χ0v) is 9.80. The zero-order chi connectivity index (χ0) is 11.9. The Morgan fingerprint density at radius 2 is 2.24 bits per heavy atom. The molecule has 3 heteroatoms. The fraction of sp³-hybridized carbons (Fsp3) is 0.429. The van der Waals surface area contributed by atoms with E-state index in [1.165, 1.54) is 25.7 Å². The molecule has 17 heavy (non-hydrogen) atoms. The van der Waals surface area contributed by atoms with Crippen LogP contribution in [0.1, 0.15) is 36.8 Å². The van der Waals surface area contributed by atoms with Gasteiger partial charge in [0.25, 0.3) is 0 Å². The zero-order valence-electron chi connectivity index (χ0n) is 9.80. The molecule has 0 bridgehead atoms. The summed E-state index contributed by atoms with van der Waals surface area (Å²) in [5.41, 5.74) is 1.64. The summed E-state index contributed by atoms with van der Waals surface area (Å²) in [6.07, 6.45) is 7.00. The van der Waals surface area contributed by atoms with E-state index in [2.05, 4.69) is 11.2 Å². The molecule has 0 saturated heterocycles. The van der Waals surface area contributed by atoms with Crippen LogP contribution >= 0.6 is 0 Å². The molecule has 1 fully saturated rings. The van der Waals surface area contributed by atoms with Crippen molar-refractivity contribution in [2.24, 2.45) is 11.1 Å². The molecule has 1 aromatic carbocycles. The first-order chi connectivity index (χ1) is 8.38. The lowest BCUT2D eigenvalue weighted by atomic mass is 10.1. The van der Waals surface area contributed by atoms with Crippen LogP contribution in [0.4, 0.5) is 0 Å². The van der Waals surface area contributed by atoms with E-state index >= 15 is 0 Å². The van der Waals surface area contributed by atoms with Crippen LogP contribution in [0.2, 0.25) is 0 Å². The van der Waals surface area contributed by atoms with E-state index in [0.29, 0.717) is 18.1 Å². The topological polar surface area (TPSA) is 45.4 Å². The van der Waals surface area contributed by atoms with E-state index in [1.54, 1.807) is 6.07 Å². The fourth-order valence-electron chi connectivity index (χ4n) is 2.08. The lowest BCUT2D eigenvalue weighted by Gasteiger charge is -2.02. The molecular weight excluding hydrogens is 212 g/mol. The van der Waals surface area contributed by atoms with Crippen molar-refractivity contribution >= 4 is 6.21 Å². The van der Waals surface area contributed by atoms with Crippen LogP contribution in [0.25, 0.3) is 0 Å². The van der Waals surface area contributed by atoms with Gasteiger partial charge >= 0.3 is 0 Å². The van der Waals surface area contributed by atoms with Crippen molar-refractivity contribution in [3.05, 3.63) is 35.4 Å². The highest BCUT2D eigenvalue weighted by molar-refractivity contribution is 5.60. The number of nitrogens with zero attached hydrogens (tertiary/aromatic N) is 2. The van der Waals surface area contributed by atoms with Crippen molar-refractivity contribution in [1.29, 1.82) is 5.26 Å². The van der Waals surface area contributed by atoms with Gasteiger partial charge in [0.2, 0.25) is 0 Å². The third kappa shape index (κ3) is 3.60. The molecule has 1 aliphatic rings. The first-order valence-corrected chi connectivity index (χ1v) is 6.03. The molecule has 1 aliphatic carbocycles. The van der Waals surface area contributed by atoms with Crippen LogP contribution < -0.4 is 0 Å². The minimum absolute atomic E-state index is 0.429. The lowest BCUT2D eigenvalue weighted by molar-refractivity contribution is 0.130. The lowest BCUT2D eigenvalue weighted by Crippen LogP contribution is -1.95. The Morgan fingerprint density at radius 3 is 3.00 bits per heavy atom. The summed E-state index contributed by atoms with van der Waals surface area (Å²) in [4.78, 5) is 5.24. The Bertz CT molecular complexity index is 428. The maximum absolute atomic E-state index is 8.76. The van der Waals surface area contributed by atoms with Gasteiger partial charge in [-0.3, -0.25) is 0 Å². The third-order valence-corrected chi connectivity index (χ3v) is 3.03. The normalized spacial score (nSPS) is 16.2. The van der Waals surface area contributed by atoms with Crippen LogP contribution in [-0.2, 0) is 11.4 Å². The molecule has 1 saturated carbocycles. The maximum Gasteiger partial charge on any atom is 0.142 e. The van der Waals surface area contributed by atoms with Gasteiger partial charge in [0, 0.05) is 6.21 Å². The summed E-state index contributed by atoms with van der Waals surface area (Å²) in [7, 11) is 0. The van der Waals surface area contributed by atoms with E-state index in [0.717, 1.165) is 5.56 Å². The van der Waals surface area contributed by atoms with Gasteiger partial charge in [-0.15, -0.1) is 0 Å². The van der Waals surface area contributed by atoms with Crippen molar-refractivity contribution in [2.45, 2.75) is 32.3 Å².